The lowest BCUT2D eigenvalue weighted by molar-refractivity contribution is -0.178. The number of halogens is 3. The van der Waals surface area contributed by atoms with Gasteiger partial charge < -0.3 is 15.1 Å². The van der Waals surface area contributed by atoms with Crippen molar-refractivity contribution >= 4 is 22.6 Å². The van der Waals surface area contributed by atoms with Crippen LogP contribution in [-0.2, 0) is 4.79 Å². The number of aromatic nitrogens is 2. The number of hydrogen-bond acceptors (Lipinski definition) is 7. The lowest BCUT2D eigenvalue weighted by Crippen LogP contribution is -2.56. The number of alkyl halides is 3. The SMILES string of the molecule is CN1CCN(CC(=O)N[C@H]2C[C@@H](C(F)(F)F)CN(c3ccc(C#N)c4nccnc34)C2)CC1. The molecule has 2 aliphatic heterocycles. The number of hydrogen-bond donors (Lipinski definition) is 1. The second kappa shape index (κ2) is 9.49. The third-order valence-electron chi connectivity index (χ3n) is 6.31. The number of fused-ring (bicyclic) bond motifs is 1. The number of benzene rings is 1. The number of piperazine rings is 1. The minimum atomic E-state index is -4.40. The van der Waals surface area contributed by atoms with E-state index >= 15 is 0 Å². The molecular formula is C22H26F3N7O. The molecule has 11 heteroatoms. The van der Waals surface area contributed by atoms with Crippen LogP contribution >= 0.6 is 0 Å². The Kier molecular flexibility index (Phi) is 6.67. The standard InChI is InChI=1S/C22H26F3N7O/c1-30-6-8-31(9-7-30)14-19(33)29-17-10-16(22(23,24)25)12-32(13-17)18-3-2-15(11-26)20-21(18)28-5-4-27-20/h2-5,16-17H,6-10,12-14H2,1H3,(H,29,33)/t16-,17+/m1/s1. The number of likely N-dealkylation sites (N-methyl/N-ethyl adjacent to an activating group) is 1. The number of rotatable bonds is 4. The van der Waals surface area contributed by atoms with Crippen molar-refractivity contribution in [1.29, 1.82) is 5.26 Å². The Morgan fingerprint density at radius 3 is 2.52 bits per heavy atom. The highest BCUT2D eigenvalue weighted by molar-refractivity contribution is 5.92. The summed E-state index contributed by atoms with van der Waals surface area (Å²) in [5.41, 5.74) is 1.51. The van der Waals surface area contributed by atoms with Crippen LogP contribution in [0.2, 0.25) is 0 Å². The van der Waals surface area contributed by atoms with Crippen molar-refractivity contribution in [2.75, 3.05) is 57.8 Å². The van der Waals surface area contributed by atoms with Crippen LogP contribution in [0.3, 0.4) is 0 Å². The lowest BCUT2D eigenvalue weighted by Gasteiger charge is -2.40. The molecule has 1 aromatic heterocycles. The third-order valence-corrected chi connectivity index (χ3v) is 6.31. The Labute approximate surface area is 190 Å². The average molecular weight is 461 g/mol. The van der Waals surface area contributed by atoms with Crippen LogP contribution in [0.25, 0.3) is 11.0 Å². The van der Waals surface area contributed by atoms with Gasteiger partial charge >= 0.3 is 6.18 Å². The fourth-order valence-electron chi connectivity index (χ4n) is 4.51. The predicted octanol–water partition coefficient (Wildman–Crippen LogP) is 1.62. The van der Waals surface area contributed by atoms with E-state index in [0.29, 0.717) is 22.3 Å². The van der Waals surface area contributed by atoms with E-state index in [9.17, 15) is 23.2 Å². The topological polar surface area (TPSA) is 88.4 Å². The molecular weight excluding hydrogens is 435 g/mol. The highest BCUT2D eigenvalue weighted by Crippen LogP contribution is 2.36. The minimum absolute atomic E-state index is 0.172. The summed E-state index contributed by atoms with van der Waals surface area (Å²) in [6.07, 6.45) is -1.67. The van der Waals surface area contributed by atoms with Crippen molar-refractivity contribution in [2.45, 2.75) is 18.6 Å². The highest BCUT2D eigenvalue weighted by Gasteiger charge is 2.45. The molecule has 33 heavy (non-hydrogen) atoms. The van der Waals surface area contributed by atoms with Crippen LogP contribution in [0.15, 0.2) is 24.5 Å². The fraction of sp³-hybridized carbons (Fsp3) is 0.545. The van der Waals surface area contributed by atoms with Crippen LogP contribution in [0.5, 0.6) is 0 Å². The Bertz CT molecular complexity index is 1050. The first-order chi connectivity index (χ1) is 15.7. The molecule has 2 aliphatic rings. The van der Waals surface area contributed by atoms with E-state index in [2.05, 4.69) is 20.2 Å². The molecule has 176 valence electrons. The third kappa shape index (κ3) is 5.34. The zero-order valence-corrected chi connectivity index (χ0v) is 18.3. The van der Waals surface area contributed by atoms with E-state index in [1.807, 2.05) is 18.0 Å². The number of carbonyl (C=O) groups is 1. The molecule has 1 N–H and O–H groups in total. The van der Waals surface area contributed by atoms with Gasteiger partial charge in [0.1, 0.15) is 17.1 Å². The van der Waals surface area contributed by atoms with Crippen LogP contribution < -0.4 is 10.2 Å². The van der Waals surface area contributed by atoms with Crippen molar-refractivity contribution in [2.24, 2.45) is 5.92 Å². The summed E-state index contributed by atoms with van der Waals surface area (Å²) in [5, 5.41) is 12.2. The van der Waals surface area contributed by atoms with E-state index in [-0.39, 0.29) is 32.0 Å². The minimum Gasteiger partial charge on any atom is -0.367 e. The zero-order chi connectivity index (χ0) is 23.6. The average Bonchev–Trinajstić information content (AvgIpc) is 2.79. The molecule has 8 nitrogen and oxygen atoms in total. The molecule has 2 fully saturated rings. The molecule has 0 bridgehead atoms. The molecule has 4 rings (SSSR count). The summed E-state index contributed by atoms with van der Waals surface area (Å²) in [6.45, 7) is 3.36. The number of anilines is 1. The van der Waals surface area contributed by atoms with Crippen molar-refractivity contribution in [1.82, 2.24) is 25.1 Å². The first-order valence-corrected chi connectivity index (χ1v) is 10.9. The summed E-state index contributed by atoms with van der Waals surface area (Å²) in [6, 6.07) is 4.54. The fourth-order valence-corrected chi connectivity index (χ4v) is 4.51. The van der Waals surface area contributed by atoms with Crippen LogP contribution in [-0.4, -0.2) is 90.8 Å². The number of nitrogens with one attached hydrogen (secondary N) is 1. The van der Waals surface area contributed by atoms with Crippen molar-refractivity contribution < 1.29 is 18.0 Å². The Morgan fingerprint density at radius 1 is 1.15 bits per heavy atom. The van der Waals surface area contributed by atoms with Gasteiger partial charge in [-0.05, 0) is 25.6 Å². The molecule has 1 amide bonds. The van der Waals surface area contributed by atoms with Gasteiger partial charge in [0.05, 0.1) is 23.7 Å². The molecule has 0 aliphatic carbocycles. The largest absolute Gasteiger partial charge is 0.393 e. The first-order valence-electron chi connectivity index (χ1n) is 10.9. The van der Waals surface area contributed by atoms with Gasteiger partial charge in [-0.3, -0.25) is 19.7 Å². The van der Waals surface area contributed by atoms with Crippen LogP contribution in [0.4, 0.5) is 18.9 Å². The number of piperidine rings is 1. The molecule has 0 saturated carbocycles. The van der Waals surface area contributed by atoms with Crippen molar-refractivity contribution in [3.63, 3.8) is 0 Å². The normalized spacial score (nSPS) is 22.8. The molecule has 0 unspecified atom stereocenters. The monoisotopic (exact) mass is 461 g/mol. The van der Waals surface area contributed by atoms with Gasteiger partial charge in [0.25, 0.3) is 0 Å². The van der Waals surface area contributed by atoms with E-state index in [4.69, 9.17) is 0 Å². The Balaban J connectivity index is 1.54. The molecule has 0 radical (unpaired) electrons. The molecule has 2 saturated heterocycles. The van der Waals surface area contributed by atoms with Gasteiger partial charge in [-0.15, -0.1) is 0 Å². The Morgan fingerprint density at radius 2 is 1.85 bits per heavy atom. The number of nitriles is 1. The lowest BCUT2D eigenvalue weighted by atomic mass is 9.92. The summed E-state index contributed by atoms with van der Waals surface area (Å²) < 4.78 is 41.3. The molecule has 2 aromatic rings. The second-order valence-corrected chi connectivity index (χ2v) is 8.72. The quantitative estimate of drug-likeness (QED) is 0.740. The first kappa shape index (κ1) is 23.2. The molecule has 2 atom stereocenters. The van der Waals surface area contributed by atoms with E-state index in [1.54, 1.807) is 17.0 Å². The molecule has 1 aromatic carbocycles. The van der Waals surface area contributed by atoms with Gasteiger partial charge in [0, 0.05) is 57.7 Å². The van der Waals surface area contributed by atoms with Crippen LogP contribution in [0.1, 0.15) is 12.0 Å². The van der Waals surface area contributed by atoms with Crippen molar-refractivity contribution in [3.8, 4) is 6.07 Å². The molecule has 3 heterocycles. The van der Waals surface area contributed by atoms with Crippen LogP contribution in [0, 0.1) is 17.2 Å². The second-order valence-electron chi connectivity index (χ2n) is 8.72. The summed E-state index contributed by atoms with van der Waals surface area (Å²) in [7, 11) is 2.02. The number of carbonyl (C=O) groups excluding carboxylic acids is 1. The number of amides is 1. The maximum absolute atomic E-state index is 13.8. The van der Waals surface area contributed by atoms with Gasteiger partial charge in [0.2, 0.25) is 5.91 Å². The summed E-state index contributed by atoms with van der Waals surface area (Å²) >= 11 is 0. The van der Waals surface area contributed by atoms with Gasteiger partial charge in [0.15, 0.2) is 0 Å². The Hall–Kier alpha value is -2.97. The summed E-state index contributed by atoms with van der Waals surface area (Å²) in [5.74, 6) is -1.86. The molecule has 0 spiro atoms. The maximum Gasteiger partial charge on any atom is 0.393 e. The van der Waals surface area contributed by atoms with Crippen molar-refractivity contribution in [3.05, 3.63) is 30.1 Å². The predicted molar refractivity (Wildman–Crippen MR) is 116 cm³/mol. The van der Waals surface area contributed by atoms with E-state index in [0.717, 1.165) is 26.2 Å². The highest BCUT2D eigenvalue weighted by atomic mass is 19.4. The van der Waals surface area contributed by atoms with E-state index in [1.165, 1.54) is 12.4 Å². The van der Waals surface area contributed by atoms with Gasteiger partial charge in [-0.2, -0.15) is 18.4 Å². The maximum atomic E-state index is 13.8. The smallest absolute Gasteiger partial charge is 0.367 e. The zero-order valence-electron chi connectivity index (χ0n) is 18.3. The van der Waals surface area contributed by atoms with E-state index < -0.39 is 18.1 Å². The summed E-state index contributed by atoms with van der Waals surface area (Å²) in [4.78, 5) is 26.9. The van der Waals surface area contributed by atoms with Gasteiger partial charge in [-0.25, -0.2) is 0 Å². The number of nitrogens with zero attached hydrogens (tertiary/aromatic N) is 6. The van der Waals surface area contributed by atoms with Gasteiger partial charge in [-0.1, -0.05) is 0 Å².